The largest absolute Gasteiger partial charge is 0.354 e. The van der Waals surface area contributed by atoms with E-state index in [0.717, 1.165) is 12.8 Å². The summed E-state index contributed by atoms with van der Waals surface area (Å²) in [4.78, 5) is 12.0. The molecular weight excluding hydrogens is 188 g/mol. The molecule has 0 aromatic heterocycles. The van der Waals surface area contributed by atoms with Gasteiger partial charge in [0.15, 0.2) is 0 Å². The lowest BCUT2D eigenvalue weighted by Gasteiger charge is -2.19. The molecule has 2 atom stereocenters. The maximum Gasteiger partial charge on any atom is 0.226 e. The number of nitrogens with two attached hydrogens (primary N) is 1. The molecule has 0 radical (unpaired) electrons. The average molecular weight is 210 g/mol. The van der Waals surface area contributed by atoms with Crippen LogP contribution in [-0.4, -0.2) is 19.0 Å². The van der Waals surface area contributed by atoms with Crippen LogP contribution in [0.1, 0.15) is 44.9 Å². The van der Waals surface area contributed by atoms with E-state index in [1.807, 2.05) is 0 Å². The van der Waals surface area contributed by atoms with E-state index in [0.29, 0.717) is 19.0 Å². The smallest absolute Gasteiger partial charge is 0.226 e. The van der Waals surface area contributed by atoms with E-state index in [1.54, 1.807) is 0 Å². The zero-order chi connectivity index (χ0) is 10.7. The quantitative estimate of drug-likeness (QED) is 0.740. The third-order valence-electron chi connectivity index (χ3n) is 4.04. The highest BCUT2D eigenvalue weighted by molar-refractivity contribution is 5.85. The number of rotatable bonds is 3. The van der Waals surface area contributed by atoms with Crippen molar-refractivity contribution in [2.45, 2.75) is 44.9 Å². The summed E-state index contributed by atoms with van der Waals surface area (Å²) < 4.78 is 0. The van der Waals surface area contributed by atoms with E-state index in [4.69, 9.17) is 5.73 Å². The Bertz CT molecular complexity index is 242. The highest BCUT2D eigenvalue weighted by Crippen LogP contribution is 2.59. The zero-order valence-corrected chi connectivity index (χ0v) is 9.43. The fraction of sp³-hybridized carbons (Fsp3) is 0.917. The minimum absolute atomic E-state index is 0.0234. The van der Waals surface area contributed by atoms with Crippen LogP contribution in [0.3, 0.4) is 0 Å². The molecule has 0 aliphatic heterocycles. The van der Waals surface area contributed by atoms with Crippen molar-refractivity contribution in [3.8, 4) is 0 Å². The monoisotopic (exact) mass is 210 g/mol. The molecule has 1 amide bonds. The summed E-state index contributed by atoms with van der Waals surface area (Å²) in [5, 5.41) is 2.97. The van der Waals surface area contributed by atoms with Gasteiger partial charge in [0.1, 0.15) is 0 Å². The third kappa shape index (κ3) is 2.17. The number of nitrogens with one attached hydrogen (secondary N) is 1. The topological polar surface area (TPSA) is 55.1 Å². The van der Waals surface area contributed by atoms with E-state index < -0.39 is 0 Å². The first-order valence-electron chi connectivity index (χ1n) is 6.28. The van der Waals surface area contributed by atoms with Gasteiger partial charge in [0, 0.05) is 13.1 Å². The summed E-state index contributed by atoms with van der Waals surface area (Å²) >= 11 is 0. The second-order valence-electron chi connectivity index (χ2n) is 5.05. The lowest BCUT2D eigenvalue weighted by Crippen LogP contribution is -2.36. The van der Waals surface area contributed by atoms with Gasteiger partial charge in [-0.3, -0.25) is 4.79 Å². The molecular formula is C12H22N2O. The second kappa shape index (κ2) is 4.52. The van der Waals surface area contributed by atoms with Crippen LogP contribution in [0.2, 0.25) is 0 Å². The minimum atomic E-state index is 0.0234. The molecule has 3 heteroatoms. The first-order valence-corrected chi connectivity index (χ1v) is 6.28. The Kier molecular flexibility index (Phi) is 3.29. The Morgan fingerprint density at radius 1 is 1.33 bits per heavy atom. The van der Waals surface area contributed by atoms with Crippen molar-refractivity contribution in [1.29, 1.82) is 0 Å². The number of amides is 1. The molecule has 0 heterocycles. The van der Waals surface area contributed by atoms with Crippen molar-refractivity contribution in [3.05, 3.63) is 0 Å². The van der Waals surface area contributed by atoms with Crippen LogP contribution in [0.5, 0.6) is 0 Å². The number of hydrogen-bond acceptors (Lipinski definition) is 2. The van der Waals surface area contributed by atoms with E-state index in [9.17, 15) is 4.79 Å². The summed E-state index contributed by atoms with van der Waals surface area (Å²) in [5.74, 6) is 0.954. The fourth-order valence-corrected chi connectivity index (χ4v) is 3.00. The van der Waals surface area contributed by atoms with Gasteiger partial charge in [0.2, 0.25) is 5.91 Å². The highest BCUT2D eigenvalue weighted by Gasteiger charge is 2.58. The summed E-state index contributed by atoms with van der Waals surface area (Å²) in [6, 6.07) is 0. The van der Waals surface area contributed by atoms with Crippen molar-refractivity contribution in [2.75, 3.05) is 13.1 Å². The van der Waals surface area contributed by atoms with Gasteiger partial charge < -0.3 is 11.1 Å². The zero-order valence-electron chi connectivity index (χ0n) is 9.43. The molecule has 3 nitrogen and oxygen atoms in total. The number of carbonyl (C=O) groups excluding carboxylic acids is 1. The fourth-order valence-electron chi connectivity index (χ4n) is 3.00. The molecule has 2 saturated carbocycles. The van der Waals surface area contributed by atoms with Crippen LogP contribution in [-0.2, 0) is 4.79 Å². The minimum Gasteiger partial charge on any atom is -0.354 e. The number of carbonyl (C=O) groups is 1. The van der Waals surface area contributed by atoms with Crippen molar-refractivity contribution in [3.63, 3.8) is 0 Å². The molecule has 2 aliphatic carbocycles. The van der Waals surface area contributed by atoms with Gasteiger partial charge in [-0.05, 0) is 25.2 Å². The lowest BCUT2D eigenvalue weighted by molar-refractivity contribution is -0.127. The molecule has 2 rings (SSSR count). The maximum atomic E-state index is 12.0. The molecule has 0 spiro atoms. The van der Waals surface area contributed by atoms with Crippen molar-refractivity contribution >= 4 is 5.91 Å². The lowest BCUT2D eigenvalue weighted by atomic mass is 9.89. The molecule has 0 aromatic rings. The summed E-state index contributed by atoms with van der Waals surface area (Å²) in [5.41, 5.74) is 5.43. The Hall–Kier alpha value is -0.570. The molecule has 2 fully saturated rings. The maximum absolute atomic E-state index is 12.0. The Balaban J connectivity index is 1.91. The standard InChI is InChI=1S/C12H22N2O/c13-7-8-14-11(15)12-6-4-2-1-3-5-10(12)9-12/h10H,1-9,13H2,(H,14,15). The van der Waals surface area contributed by atoms with Crippen molar-refractivity contribution in [1.82, 2.24) is 5.32 Å². The molecule has 3 N–H and O–H groups in total. The van der Waals surface area contributed by atoms with E-state index in [2.05, 4.69) is 5.32 Å². The van der Waals surface area contributed by atoms with Crippen LogP contribution in [0, 0.1) is 11.3 Å². The Morgan fingerprint density at radius 2 is 2.13 bits per heavy atom. The van der Waals surface area contributed by atoms with Crippen molar-refractivity contribution < 1.29 is 4.79 Å². The predicted octanol–water partition coefficient (Wildman–Crippen LogP) is 1.42. The Morgan fingerprint density at radius 3 is 2.93 bits per heavy atom. The van der Waals surface area contributed by atoms with E-state index in [-0.39, 0.29) is 11.3 Å². The second-order valence-corrected chi connectivity index (χ2v) is 5.05. The van der Waals surface area contributed by atoms with Gasteiger partial charge in [0.05, 0.1) is 5.41 Å². The molecule has 0 saturated heterocycles. The highest BCUT2D eigenvalue weighted by atomic mass is 16.2. The first-order chi connectivity index (χ1) is 7.29. The van der Waals surface area contributed by atoms with Crippen molar-refractivity contribution in [2.24, 2.45) is 17.1 Å². The van der Waals surface area contributed by atoms with Gasteiger partial charge in [0.25, 0.3) is 0 Å². The van der Waals surface area contributed by atoms with E-state index in [1.165, 1.54) is 32.1 Å². The van der Waals surface area contributed by atoms with Crippen LogP contribution < -0.4 is 11.1 Å². The molecule has 2 unspecified atom stereocenters. The van der Waals surface area contributed by atoms with Crippen LogP contribution in [0.25, 0.3) is 0 Å². The molecule has 0 aromatic carbocycles. The average Bonchev–Trinajstić information content (AvgIpc) is 2.88. The molecule has 86 valence electrons. The van der Waals surface area contributed by atoms with Crippen LogP contribution >= 0.6 is 0 Å². The van der Waals surface area contributed by atoms with Crippen LogP contribution in [0.4, 0.5) is 0 Å². The molecule has 15 heavy (non-hydrogen) atoms. The summed E-state index contributed by atoms with van der Waals surface area (Å²) in [6.45, 7) is 1.18. The normalized spacial score (nSPS) is 34.9. The summed E-state index contributed by atoms with van der Waals surface area (Å²) in [6.07, 6.45) is 8.70. The molecule has 0 bridgehead atoms. The SMILES string of the molecule is NCCNC(=O)C12CCCCCCC1C2. The first kappa shape index (κ1) is 10.9. The van der Waals surface area contributed by atoms with Crippen LogP contribution in [0.15, 0.2) is 0 Å². The Labute approximate surface area is 91.8 Å². The number of fused-ring (bicyclic) bond motifs is 1. The predicted molar refractivity (Wildman–Crippen MR) is 60.3 cm³/mol. The van der Waals surface area contributed by atoms with E-state index >= 15 is 0 Å². The third-order valence-corrected chi connectivity index (χ3v) is 4.04. The molecule has 2 aliphatic rings. The number of hydrogen-bond donors (Lipinski definition) is 2. The van der Waals surface area contributed by atoms with Gasteiger partial charge >= 0.3 is 0 Å². The van der Waals surface area contributed by atoms with Gasteiger partial charge in [-0.1, -0.05) is 25.7 Å². The van der Waals surface area contributed by atoms with Gasteiger partial charge in [-0.2, -0.15) is 0 Å². The van der Waals surface area contributed by atoms with Gasteiger partial charge in [-0.15, -0.1) is 0 Å². The summed E-state index contributed by atoms with van der Waals surface area (Å²) in [7, 11) is 0. The van der Waals surface area contributed by atoms with Gasteiger partial charge in [-0.25, -0.2) is 0 Å².